The molecule has 0 bridgehead atoms. The Kier molecular flexibility index (Phi) is 5.90. The lowest BCUT2D eigenvalue weighted by atomic mass is 10.1. The molecule has 0 saturated heterocycles. The third-order valence-electron chi connectivity index (χ3n) is 2.38. The standard InChI is InChI=1S/C13H21NO2/c1-3-6-15-7-8-16-13-5-4-12(10-14)11(2)9-13/h4-5,9H,3,6-8,10,14H2,1-2H3. The highest BCUT2D eigenvalue weighted by Gasteiger charge is 1.99. The summed E-state index contributed by atoms with van der Waals surface area (Å²) in [5.41, 5.74) is 7.93. The van der Waals surface area contributed by atoms with Gasteiger partial charge in [-0.25, -0.2) is 0 Å². The molecule has 0 atom stereocenters. The molecule has 3 heteroatoms. The maximum Gasteiger partial charge on any atom is 0.119 e. The molecule has 1 aromatic carbocycles. The van der Waals surface area contributed by atoms with Crippen LogP contribution in [-0.4, -0.2) is 19.8 Å². The van der Waals surface area contributed by atoms with Crippen LogP contribution in [0.15, 0.2) is 18.2 Å². The van der Waals surface area contributed by atoms with Gasteiger partial charge in [-0.2, -0.15) is 0 Å². The molecule has 0 aromatic heterocycles. The van der Waals surface area contributed by atoms with E-state index in [2.05, 4.69) is 6.92 Å². The van der Waals surface area contributed by atoms with E-state index in [1.54, 1.807) is 0 Å². The average molecular weight is 223 g/mol. The highest BCUT2D eigenvalue weighted by atomic mass is 16.5. The van der Waals surface area contributed by atoms with Crippen molar-refractivity contribution in [2.24, 2.45) is 5.73 Å². The van der Waals surface area contributed by atoms with Gasteiger partial charge in [-0.05, 0) is 36.6 Å². The molecular weight excluding hydrogens is 202 g/mol. The molecule has 0 aliphatic carbocycles. The van der Waals surface area contributed by atoms with Crippen LogP contribution in [0.1, 0.15) is 24.5 Å². The largest absolute Gasteiger partial charge is 0.491 e. The van der Waals surface area contributed by atoms with E-state index in [9.17, 15) is 0 Å². The van der Waals surface area contributed by atoms with Crippen molar-refractivity contribution in [2.45, 2.75) is 26.8 Å². The van der Waals surface area contributed by atoms with Gasteiger partial charge in [-0.3, -0.25) is 0 Å². The molecule has 1 aromatic rings. The molecule has 0 radical (unpaired) electrons. The van der Waals surface area contributed by atoms with Crippen LogP contribution in [0, 0.1) is 6.92 Å². The molecule has 0 aliphatic heterocycles. The van der Waals surface area contributed by atoms with Crippen molar-refractivity contribution in [1.82, 2.24) is 0 Å². The fourth-order valence-electron chi connectivity index (χ4n) is 1.45. The van der Waals surface area contributed by atoms with Crippen molar-refractivity contribution in [3.8, 4) is 5.75 Å². The van der Waals surface area contributed by atoms with E-state index in [-0.39, 0.29) is 0 Å². The van der Waals surface area contributed by atoms with E-state index in [1.165, 1.54) is 5.56 Å². The zero-order chi connectivity index (χ0) is 11.8. The third kappa shape index (κ3) is 4.21. The predicted octanol–water partition coefficient (Wildman–Crippen LogP) is 2.26. The number of ether oxygens (including phenoxy) is 2. The van der Waals surface area contributed by atoms with E-state index in [0.29, 0.717) is 19.8 Å². The first kappa shape index (κ1) is 13.0. The lowest BCUT2D eigenvalue weighted by molar-refractivity contribution is 0.101. The second kappa shape index (κ2) is 7.25. The summed E-state index contributed by atoms with van der Waals surface area (Å²) in [6.45, 7) is 6.76. The second-order valence-corrected chi connectivity index (χ2v) is 3.75. The SMILES string of the molecule is CCCOCCOc1ccc(CN)c(C)c1. The smallest absolute Gasteiger partial charge is 0.119 e. The molecular formula is C13H21NO2. The normalized spacial score (nSPS) is 10.4. The first-order chi connectivity index (χ1) is 7.77. The van der Waals surface area contributed by atoms with Crippen molar-refractivity contribution in [3.05, 3.63) is 29.3 Å². The van der Waals surface area contributed by atoms with Crippen LogP contribution < -0.4 is 10.5 Å². The van der Waals surface area contributed by atoms with Gasteiger partial charge in [0.1, 0.15) is 12.4 Å². The Hall–Kier alpha value is -1.06. The molecule has 0 fully saturated rings. The summed E-state index contributed by atoms with van der Waals surface area (Å²) in [7, 11) is 0. The van der Waals surface area contributed by atoms with Gasteiger partial charge in [0, 0.05) is 13.2 Å². The van der Waals surface area contributed by atoms with Crippen LogP contribution in [-0.2, 0) is 11.3 Å². The first-order valence-electron chi connectivity index (χ1n) is 5.78. The maximum absolute atomic E-state index is 5.59. The minimum absolute atomic E-state index is 0.575. The van der Waals surface area contributed by atoms with Gasteiger partial charge < -0.3 is 15.2 Å². The van der Waals surface area contributed by atoms with E-state index in [4.69, 9.17) is 15.2 Å². The highest BCUT2D eigenvalue weighted by Crippen LogP contribution is 2.16. The zero-order valence-electron chi connectivity index (χ0n) is 10.2. The number of aryl methyl sites for hydroxylation is 1. The van der Waals surface area contributed by atoms with Gasteiger partial charge in [0.25, 0.3) is 0 Å². The molecule has 0 saturated carbocycles. The van der Waals surface area contributed by atoms with Crippen LogP contribution in [0.2, 0.25) is 0 Å². The van der Waals surface area contributed by atoms with E-state index < -0.39 is 0 Å². The van der Waals surface area contributed by atoms with Gasteiger partial charge in [-0.1, -0.05) is 13.0 Å². The summed E-state index contributed by atoms with van der Waals surface area (Å²) in [4.78, 5) is 0. The Labute approximate surface area is 97.6 Å². The first-order valence-corrected chi connectivity index (χ1v) is 5.78. The van der Waals surface area contributed by atoms with Gasteiger partial charge >= 0.3 is 0 Å². The predicted molar refractivity (Wildman–Crippen MR) is 65.7 cm³/mol. The zero-order valence-corrected chi connectivity index (χ0v) is 10.2. The summed E-state index contributed by atoms with van der Waals surface area (Å²) >= 11 is 0. The van der Waals surface area contributed by atoms with Gasteiger partial charge in [0.2, 0.25) is 0 Å². The molecule has 2 N–H and O–H groups in total. The highest BCUT2D eigenvalue weighted by molar-refractivity contribution is 5.34. The lowest BCUT2D eigenvalue weighted by Crippen LogP contribution is -2.07. The summed E-state index contributed by atoms with van der Waals surface area (Å²) in [5.74, 6) is 0.884. The Balaban J connectivity index is 2.34. The molecule has 0 heterocycles. The van der Waals surface area contributed by atoms with Crippen molar-refractivity contribution >= 4 is 0 Å². The van der Waals surface area contributed by atoms with E-state index in [1.807, 2.05) is 25.1 Å². The molecule has 0 spiro atoms. The minimum Gasteiger partial charge on any atom is -0.491 e. The Morgan fingerprint density at radius 1 is 1.19 bits per heavy atom. The fourth-order valence-corrected chi connectivity index (χ4v) is 1.45. The molecule has 0 unspecified atom stereocenters. The number of benzene rings is 1. The van der Waals surface area contributed by atoms with Crippen molar-refractivity contribution in [2.75, 3.05) is 19.8 Å². The Morgan fingerprint density at radius 2 is 2.00 bits per heavy atom. The topological polar surface area (TPSA) is 44.5 Å². The monoisotopic (exact) mass is 223 g/mol. The summed E-state index contributed by atoms with van der Waals surface area (Å²) in [6, 6.07) is 5.98. The van der Waals surface area contributed by atoms with Crippen molar-refractivity contribution in [1.29, 1.82) is 0 Å². The molecule has 0 amide bonds. The summed E-state index contributed by atoms with van der Waals surface area (Å²) in [5, 5.41) is 0. The number of hydrogen-bond donors (Lipinski definition) is 1. The number of nitrogens with two attached hydrogens (primary N) is 1. The molecule has 1 rings (SSSR count). The van der Waals surface area contributed by atoms with Crippen molar-refractivity contribution < 1.29 is 9.47 Å². The fraction of sp³-hybridized carbons (Fsp3) is 0.538. The second-order valence-electron chi connectivity index (χ2n) is 3.75. The van der Waals surface area contributed by atoms with Crippen LogP contribution in [0.3, 0.4) is 0 Å². The van der Waals surface area contributed by atoms with Gasteiger partial charge in [0.15, 0.2) is 0 Å². The lowest BCUT2D eigenvalue weighted by Gasteiger charge is -2.09. The Morgan fingerprint density at radius 3 is 2.62 bits per heavy atom. The van der Waals surface area contributed by atoms with Crippen molar-refractivity contribution in [3.63, 3.8) is 0 Å². The van der Waals surface area contributed by atoms with Gasteiger partial charge in [-0.15, -0.1) is 0 Å². The molecule has 0 aliphatic rings. The van der Waals surface area contributed by atoms with Crippen LogP contribution >= 0.6 is 0 Å². The molecule has 3 nitrogen and oxygen atoms in total. The summed E-state index contributed by atoms with van der Waals surface area (Å²) < 4.78 is 10.9. The molecule has 90 valence electrons. The van der Waals surface area contributed by atoms with Gasteiger partial charge in [0.05, 0.1) is 6.61 Å². The summed E-state index contributed by atoms with van der Waals surface area (Å²) in [6.07, 6.45) is 1.05. The minimum atomic E-state index is 0.575. The van der Waals surface area contributed by atoms with E-state index in [0.717, 1.165) is 24.3 Å². The van der Waals surface area contributed by atoms with Crippen LogP contribution in [0.5, 0.6) is 5.75 Å². The van der Waals surface area contributed by atoms with Crippen LogP contribution in [0.25, 0.3) is 0 Å². The quantitative estimate of drug-likeness (QED) is 0.721. The number of hydrogen-bond acceptors (Lipinski definition) is 3. The maximum atomic E-state index is 5.59. The third-order valence-corrected chi connectivity index (χ3v) is 2.38. The van der Waals surface area contributed by atoms with E-state index >= 15 is 0 Å². The Bertz CT molecular complexity index is 313. The van der Waals surface area contributed by atoms with Crippen LogP contribution in [0.4, 0.5) is 0 Å². The number of rotatable bonds is 7. The molecule has 16 heavy (non-hydrogen) atoms. The average Bonchev–Trinajstić information content (AvgIpc) is 2.29.